The summed E-state index contributed by atoms with van der Waals surface area (Å²) < 4.78 is 5.77. The van der Waals surface area contributed by atoms with Crippen molar-refractivity contribution in [1.82, 2.24) is 15.5 Å². The van der Waals surface area contributed by atoms with Crippen LogP contribution in [0.15, 0.2) is 48.5 Å². The monoisotopic (exact) mass is 555 g/mol. The van der Waals surface area contributed by atoms with Crippen LogP contribution in [0.25, 0.3) is 0 Å². The smallest absolute Gasteiger partial charge is 0.258 e. The van der Waals surface area contributed by atoms with E-state index in [1.165, 1.54) is 22.2 Å². The van der Waals surface area contributed by atoms with E-state index >= 15 is 0 Å². The molecule has 8 nitrogen and oxygen atoms in total. The van der Waals surface area contributed by atoms with Crippen LogP contribution in [0, 0.1) is 6.92 Å². The first-order valence-electron chi connectivity index (χ1n) is 13.4. The van der Waals surface area contributed by atoms with Gasteiger partial charge in [0.2, 0.25) is 5.91 Å². The van der Waals surface area contributed by atoms with E-state index in [9.17, 15) is 19.5 Å². The summed E-state index contributed by atoms with van der Waals surface area (Å²) in [6.07, 6.45) is 0.727. The van der Waals surface area contributed by atoms with E-state index in [2.05, 4.69) is 23.6 Å². The largest absolute Gasteiger partial charge is 0.484 e. The van der Waals surface area contributed by atoms with Crippen LogP contribution < -0.4 is 15.4 Å². The van der Waals surface area contributed by atoms with Crippen molar-refractivity contribution in [3.63, 3.8) is 0 Å². The summed E-state index contributed by atoms with van der Waals surface area (Å²) in [5.41, 5.74) is 2.56. The maximum atomic E-state index is 13.4. The molecule has 9 heteroatoms. The molecule has 0 saturated carbocycles. The number of ether oxygens (including phenoxy) is 1. The van der Waals surface area contributed by atoms with Crippen molar-refractivity contribution in [2.45, 2.75) is 77.6 Å². The lowest BCUT2D eigenvalue weighted by molar-refractivity contribution is -0.147. The molecule has 3 amide bonds. The third-order valence-electron chi connectivity index (χ3n) is 6.38. The summed E-state index contributed by atoms with van der Waals surface area (Å²) in [5.74, 6) is 0.0607. The molecule has 0 unspecified atom stereocenters. The molecule has 1 heterocycles. The molecule has 1 aliphatic rings. The van der Waals surface area contributed by atoms with Gasteiger partial charge in [0.05, 0.1) is 11.9 Å². The number of benzene rings is 2. The van der Waals surface area contributed by atoms with Gasteiger partial charge < -0.3 is 25.4 Å². The fraction of sp³-hybridized carbons (Fsp3) is 0.500. The number of amides is 3. The predicted molar refractivity (Wildman–Crippen MR) is 155 cm³/mol. The van der Waals surface area contributed by atoms with Gasteiger partial charge in [-0.2, -0.15) is 0 Å². The third-order valence-corrected chi connectivity index (χ3v) is 7.39. The number of hydrogen-bond donors (Lipinski definition) is 3. The minimum Gasteiger partial charge on any atom is -0.484 e. The van der Waals surface area contributed by atoms with Gasteiger partial charge in [0.15, 0.2) is 12.7 Å². The van der Waals surface area contributed by atoms with Crippen LogP contribution in [0.5, 0.6) is 5.75 Å². The Morgan fingerprint density at radius 2 is 1.85 bits per heavy atom. The van der Waals surface area contributed by atoms with E-state index in [0.717, 1.165) is 24.0 Å². The number of thioether (sulfide) groups is 1. The number of aryl methyl sites for hydroxylation is 2. The Hall–Kier alpha value is -3.04. The van der Waals surface area contributed by atoms with Gasteiger partial charge in [0, 0.05) is 11.3 Å². The Kier molecular flexibility index (Phi) is 10.8. The SMILES string of the molecule is CCCc1ccc(OCC(=O)N[C@@H](Cc2ccccc2)[C@H](O)C(=O)N2CSC[C@H]2C(=O)NC(C)(C)C)c(C)c1. The molecule has 0 aromatic heterocycles. The highest BCUT2D eigenvalue weighted by Crippen LogP contribution is 2.24. The van der Waals surface area contributed by atoms with Gasteiger partial charge in [0.1, 0.15) is 11.8 Å². The second kappa shape index (κ2) is 13.8. The number of rotatable bonds is 11. The van der Waals surface area contributed by atoms with Gasteiger partial charge in [-0.25, -0.2) is 0 Å². The second-order valence-electron chi connectivity index (χ2n) is 11.0. The van der Waals surface area contributed by atoms with Gasteiger partial charge in [-0.05, 0) is 63.3 Å². The lowest BCUT2D eigenvalue weighted by Gasteiger charge is -2.31. The van der Waals surface area contributed by atoms with Crippen LogP contribution in [-0.4, -0.2) is 69.7 Å². The molecule has 3 rings (SSSR count). The molecule has 0 bridgehead atoms. The van der Waals surface area contributed by atoms with Crippen molar-refractivity contribution in [1.29, 1.82) is 0 Å². The van der Waals surface area contributed by atoms with Gasteiger partial charge in [-0.15, -0.1) is 11.8 Å². The van der Waals surface area contributed by atoms with Crippen molar-refractivity contribution in [2.24, 2.45) is 0 Å². The molecule has 1 saturated heterocycles. The maximum absolute atomic E-state index is 13.4. The van der Waals surface area contributed by atoms with Crippen molar-refractivity contribution in [2.75, 3.05) is 18.2 Å². The van der Waals surface area contributed by atoms with E-state index in [0.29, 0.717) is 17.4 Å². The van der Waals surface area contributed by atoms with Crippen molar-refractivity contribution < 1.29 is 24.2 Å². The minimum atomic E-state index is -1.53. The van der Waals surface area contributed by atoms with Crippen molar-refractivity contribution in [3.05, 3.63) is 65.2 Å². The van der Waals surface area contributed by atoms with Gasteiger partial charge >= 0.3 is 0 Å². The van der Waals surface area contributed by atoms with Gasteiger partial charge in [0.25, 0.3) is 11.8 Å². The lowest BCUT2D eigenvalue weighted by atomic mass is 9.99. The van der Waals surface area contributed by atoms with Gasteiger partial charge in [-0.3, -0.25) is 14.4 Å². The van der Waals surface area contributed by atoms with Gasteiger partial charge in [-0.1, -0.05) is 55.8 Å². The Bertz CT molecular complexity index is 1140. The molecule has 3 N–H and O–H groups in total. The van der Waals surface area contributed by atoms with Crippen LogP contribution in [0.2, 0.25) is 0 Å². The third kappa shape index (κ3) is 9.00. The fourth-order valence-corrected chi connectivity index (χ4v) is 5.65. The van der Waals surface area contributed by atoms with Crippen LogP contribution in [-0.2, 0) is 27.2 Å². The zero-order valence-corrected chi connectivity index (χ0v) is 24.3. The summed E-state index contributed by atoms with van der Waals surface area (Å²) >= 11 is 1.46. The molecule has 0 aliphatic carbocycles. The Morgan fingerprint density at radius 1 is 1.13 bits per heavy atom. The zero-order chi connectivity index (χ0) is 28.6. The quantitative estimate of drug-likeness (QED) is 0.393. The van der Waals surface area contributed by atoms with E-state index in [1.807, 2.05) is 70.2 Å². The normalized spacial score (nSPS) is 16.9. The maximum Gasteiger partial charge on any atom is 0.258 e. The molecule has 39 heavy (non-hydrogen) atoms. The molecule has 1 aliphatic heterocycles. The molecule has 0 radical (unpaired) electrons. The summed E-state index contributed by atoms with van der Waals surface area (Å²) in [7, 11) is 0. The molecule has 0 spiro atoms. The summed E-state index contributed by atoms with van der Waals surface area (Å²) in [6, 6.07) is 13.7. The van der Waals surface area contributed by atoms with E-state index < -0.39 is 35.5 Å². The predicted octanol–water partition coefficient (Wildman–Crippen LogP) is 3.23. The fourth-order valence-electron chi connectivity index (χ4n) is 4.49. The number of aliphatic hydroxyl groups is 1. The van der Waals surface area contributed by atoms with Crippen molar-refractivity contribution in [3.8, 4) is 5.75 Å². The summed E-state index contributed by atoms with van der Waals surface area (Å²) in [4.78, 5) is 40.6. The Labute approximate surface area is 235 Å². The van der Waals surface area contributed by atoms with E-state index in [-0.39, 0.29) is 18.9 Å². The van der Waals surface area contributed by atoms with Crippen LogP contribution in [0.3, 0.4) is 0 Å². The number of nitrogens with zero attached hydrogens (tertiary/aromatic N) is 1. The minimum absolute atomic E-state index is 0.240. The topological polar surface area (TPSA) is 108 Å². The lowest BCUT2D eigenvalue weighted by Crippen LogP contribution is -2.58. The average Bonchev–Trinajstić information content (AvgIpc) is 3.37. The summed E-state index contributed by atoms with van der Waals surface area (Å²) in [5, 5.41) is 16.9. The highest BCUT2D eigenvalue weighted by molar-refractivity contribution is 7.99. The molecule has 2 aromatic carbocycles. The summed E-state index contributed by atoms with van der Waals surface area (Å²) in [6.45, 7) is 9.44. The first-order valence-corrected chi connectivity index (χ1v) is 14.6. The molecule has 1 fully saturated rings. The molecular formula is C30H41N3O5S. The number of nitrogens with one attached hydrogen (secondary N) is 2. The number of carbonyl (C=O) groups excluding carboxylic acids is 3. The zero-order valence-electron chi connectivity index (χ0n) is 23.5. The molecular weight excluding hydrogens is 514 g/mol. The number of hydrogen-bond acceptors (Lipinski definition) is 6. The Balaban J connectivity index is 1.71. The van der Waals surface area contributed by atoms with Crippen LogP contribution in [0.1, 0.15) is 50.8 Å². The number of aliphatic hydroxyl groups excluding tert-OH is 1. The first kappa shape index (κ1) is 30.5. The van der Waals surface area contributed by atoms with E-state index in [1.54, 1.807) is 0 Å². The van der Waals surface area contributed by atoms with Crippen LogP contribution >= 0.6 is 11.8 Å². The second-order valence-corrected chi connectivity index (χ2v) is 12.0. The Morgan fingerprint density at radius 3 is 2.49 bits per heavy atom. The molecule has 3 atom stereocenters. The van der Waals surface area contributed by atoms with Crippen molar-refractivity contribution >= 4 is 29.5 Å². The standard InChI is InChI=1S/C30H41N3O5S/c1-6-10-21-13-14-25(20(2)15-21)38-17-26(34)31-23(16-22-11-8-7-9-12-22)27(35)29(37)33-19-39-18-24(33)28(36)32-30(3,4)5/h7-9,11-15,23-24,27,35H,6,10,16-19H2,1-5H3,(H,31,34)(H,32,36)/t23-,24-,27-/m0/s1. The average molecular weight is 556 g/mol. The molecule has 2 aromatic rings. The first-order chi connectivity index (χ1) is 18.5. The number of carbonyl (C=O) groups is 3. The molecule has 212 valence electrons. The highest BCUT2D eigenvalue weighted by Gasteiger charge is 2.40. The highest BCUT2D eigenvalue weighted by atomic mass is 32.2. The van der Waals surface area contributed by atoms with Crippen LogP contribution in [0.4, 0.5) is 0 Å². The van der Waals surface area contributed by atoms with E-state index in [4.69, 9.17) is 4.74 Å².